The maximum Gasteiger partial charge on any atom is 0.414 e. The van der Waals surface area contributed by atoms with E-state index in [9.17, 15) is 9.90 Å². The first kappa shape index (κ1) is 31.9. The van der Waals surface area contributed by atoms with Gasteiger partial charge in [-0.25, -0.2) is 4.79 Å². The van der Waals surface area contributed by atoms with Crippen LogP contribution < -0.4 is 0 Å². The Morgan fingerprint density at radius 2 is 1.61 bits per heavy atom. The molecule has 0 bridgehead atoms. The molecule has 33 heavy (non-hydrogen) atoms. The van der Waals surface area contributed by atoms with Gasteiger partial charge < -0.3 is 14.3 Å². The molecule has 1 N–H and O–H groups in total. The second-order valence-electron chi connectivity index (χ2n) is 11.5. The monoisotopic (exact) mass is 483 g/mol. The fourth-order valence-corrected chi connectivity index (χ4v) is 4.52. The van der Waals surface area contributed by atoms with Gasteiger partial charge in [-0.05, 0) is 52.2 Å². The van der Waals surface area contributed by atoms with E-state index in [1.807, 2.05) is 33.8 Å². The number of rotatable bonds is 14. The standard InChI is InChI=1S/C27H53NO4Si/c1-12-15-16-17-18-19-20-28(25(30)31-26(4,5)6)22(13-2)21-23(29)24(14-3)32-33(10,11)27(7,8)9/h13-14,23-24,29H,3,12,15-21H2,1-2,4-11H3/b22-13+/t23-,24+/m0/s1. The first-order valence-corrected chi connectivity index (χ1v) is 15.6. The van der Waals surface area contributed by atoms with Gasteiger partial charge in [0.05, 0.1) is 12.2 Å². The molecule has 0 aliphatic carbocycles. The number of carbonyl (C=O) groups excluding carboxylic acids is 1. The summed E-state index contributed by atoms with van der Waals surface area (Å²) in [7, 11) is -2.09. The molecule has 0 rings (SSSR count). The van der Waals surface area contributed by atoms with E-state index in [-0.39, 0.29) is 11.1 Å². The lowest BCUT2D eigenvalue weighted by Crippen LogP contribution is -2.47. The third-order valence-electron chi connectivity index (χ3n) is 6.30. The highest BCUT2D eigenvalue weighted by Gasteiger charge is 2.40. The van der Waals surface area contributed by atoms with Crippen LogP contribution >= 0.6 is 0 Å². The number of aliphatic hydroxyl groups excluding tert-OH is 1. The molecule has 0 aliphatic rings. The minimum Gasteiger partial charge on any atom is -0.443 e. The lowest BCUT2D eigenvalue weighted by Gasteiger charge is -2.40. The zero-order chi connectivity index (χ0) is 25.9. The molecule has 0 saturated carbocycles. The Labute approximate surface area is 205 Å². The van der Waals surface area contributed by atoms with Crippen molar-refractivity contribution in [1.29, 1.82) is 0 Å². The molecule has 0 radical (unpaired) electrons. The molecule has 194 valence electrons. The molecule has 0 fully saturated rings. The molecule has 6 heteroatoms. The van der Waals surface area contributed by atoms with Crippen LogP contribution in [0, 0.1) is 0 Å². The van der Waals surface area contributed by atoms with Crippen LogP contribution in [0.4, 0.5) is 4.79 Å². The van der Waals surface area contributed by atoms with E-state index >= 15 is 0 Å². The van der Waals surface area contributed by atoms with E-state index < -0.39 is 26.1 Å². The Bertz CT molecular complexity index is 617. The summed E-state index contributed by atoms with van der Waals surface area (Å²) in [4.78, 5) is 14.7. The molecule has 5 nitrogen and oxygen atoms in total. The first-order valence-electron chi connectivity index (χ1n) is 12.7. The van der Waals surface area contributed by atoms with Crippen LogP contribution in [0.5, 0.6) is 0 Å². The summed E-state index contributed by atoms with van der Waals surface area (Å²) >= 11 is 0. The predicted octanol–water partition coefficient (Wildman–Crippen LogP) is 7.82. The number of nitrogens with zero attached hydrogens (tertiary/aromatic N) is 1. The number of hydrogen-bond acceptors (Lipinski definition) is 4. The highest BCUT2D eigenvalue weighted by atomic mass is 28.4. The minimum absolute atomic E-state index is 0.0255. The van der Waals surface area contributed by atoms with Gasteiger partial charge >= 0.3 is 6.09 Å². The predicted molar refractivity (Wildman–Crippen MR) is 143 cm³/mol. The van der Waals surface area contributed by atoms with Gasteiger partial charge in [0.15, 0.2) is 8.32 Å². The molecule has 2 atom stereocenters. The number of allylic oxidation sites excluding steroid dienone is 1. The second-order valence-corrected chi connectivity index (χ2v) is 16.3. The molecule has 1 amide bonds. The first-order chi connectivity index (χ1) is 15.1. The van der Waals surface area contributed by atoms with Crippen molar-refractivity contribution in [3.8, 4) is 0 Å². The number of amides is 1. The molecular formula is C27H53NO4Si. The van der Waals surface area contributed by atoms with Crippen molar-refractivity contribution in [1.82, 2.24) is 4.90 Å². The highest BCUT2D eigenvalue weighted by Crippen LogP contribution is 2.38. The quantitative estimate of drug-likeness (QED) is 0.155. The van der Waals surface area contributed by atoms with Crippen molar-refractivity contribution < 1.29 is 19.1 Å². The van der Waals surface area contributed by atoms with Crippen LogP contribution in [0.1, 0.15) is 100 Å². The third kappa shape index (κ3) is 12.2. The van der Waals surface area contributed by atoms with Crippen LogP contribution in [-0.2, 0) is 9.16 Å². The number of aliphatic hydroxyl groups is 1. The SMILES string of the molecule is C=C[C@@H](O[Si](C)(C)C(C)(C)C)[C@@H](O)C/C(=C\C)N(CCCCCCCC)C(=O)OC(C)(C)C. The summed E-state index contributed by atoms with van der Waals surface area (Å²) in [6, 6.07) is 0. The average Bonchev–Trinajstić information content (AvgIpc) is 2.67. The van der Waals surface area contributed by atoms with Gasteiger partial charge in [-0.2, -0.15) is 0 Å². The average molecular weight is 484 g/mol. The van der Waals surface area contributed by atoms with Crippen molar-refractivity contribution in [2.24, 2.45) is 0 Å². The molecule has 0 unspecified atom stereocenters. The second kappa shape index (κ2) is 14.3. The van der Waals surface area contributed by atoms with Gasteiger partial charge in [-0.1, -0.05) is 72.0 Å². The van der Waals surface area contributed by atoms with Gasteiger partial charge in [0.25, 0.3) is 0 Å². The number of carbonyl (C=O) groups is 1. The lowest BCUT2D eigenvalue weighted by molar-refractivity contribution is 0.0242. The van der Waals surface area contributed by atoms with Crippen LogP contribution in [0.2, 0.25) is 18.1 Å². The van der Waals surface area contributed by atoms with Gasteiger partial charge in [0.1, 0.15) is 5.60 Å². The van der Waals surface area contributed by atoms with Gasteiger partial charge in [-0.15, -0.1) is 6.58 Å². The number of ether oxygens (including phenoxy) is 1. The van der Waals surface area contributed by atoms with E-state index in [1.54, 1.807) is 11.0 Å². The Hall–Kier alpha value is -1.11. The van der Waals surface area contributed by atoms with E-state index in [4.69, 9.17) is 9.16 Å². The van der Waals surface area contributed by atoms with Crippen molar-refractivity contribution in [3.05, 3.63) is 24.4 Å². The van der Waals surface area contributed by atoms with Gasteiger partial charge in [0.2, 0.25) is 0 Å². The Morgan fingerprint density at radius 3 is 2.06 bits per heavy atom. The maximum atomic E-state index is 13.0. The van der Waals surface area contributed by atoms with Crippen molar-refractivity contribution in [3.63, 3.8) is 0 Å². The highest BCUT2D eigenvalue weighted by molar-refractivity contribution is 6.74. The molecule has 0 aromatic rings. The summed E-state index contributed by atoms with van der Waals surface area (Å²) in [6.45, 7) is 25.1. The number of unbranched alkanes of at least 4 members (excludes halogenated alkanes) is 5. The Morgan fingerprint density at radius 1 is 1.06 bits per heavy atom. The summed E-state index contributed by atoms with van der Waals surface area (Å²) in [5.74, 6) is 0. The van der Waals surface area contributed by atoms with Crippen molar-refractivity contribution in [2.45, 2.75) is 136 Å². The van der Waals surface area contributed by atoms with Crippen LogP contribution in [0.25, 0.3) is 0 Å². The van der Waals surface area contributed by atoms with E-state index in [0.29, 0.717) is 13.0 Å². The molecule has 0 saturated heterocycles. The summed E-state index contributed by atoms with van der Waals surface area (Å²) in [6.07, 6.45) is 9.07. The molecule has 0 aromatic carbocycles. The summed E-state index contributed by atoms with van der Waals surface area (Å²) < 4.78 is 12.1. The van der Waals surface area contributed by atoms with Crippen molar-refractivity contribution >= 4 is 14.4 Å². The van der Waals surface area contributed by atoms with Crippen LogP contribution in [0.15, 0.2) is 24.4 Å². The fraction of sp³-hybridized carbons (Fsp3) is 0.815. The zero-order valence-electron chi connectivity index (χ0n) is 23.3. The maximum absolute atomic E-state index is 13.0. The summed E-state index contributed by atoms with van der Waals surface area (Å²) in [5, 5.41) is 11.1. The minimum atomic E-state index is -2.09. The largest absolute Gasteiger partial charge is 0.443 e. The Kier molecular flexibility index (Phi) is 13.8. The van der Waals surface area contributed by atoms with Gasteiger partial charge in [0, 0.05) is 18.7 Å². The van der Waals surface area contributed by atoms with Crippen LogP contribution in [-0.4, -0.2) is 48.8 Å². The number of hydrogen-bond donors (Lipinski definition) is 1. The third-order valence-corrected chi connectivity index (χ3v) is 10.8. The van der Waals surface area contributed by atoms with Gasteiger partial charge in [-0.3, -0.25) is 4.90 Å². The Balaban J connectivity index is 5.44. The lowest BCUT2D eigenvalue weighted by atomic mass is 10.1. The van der Waals surface area contributed by atoms with E-state index in [0.717, 1.165) is 18.5 Å². The van der Waals surface area contributed by atoms with E-state index in [2.05, 4.69) is 47.4 Å². The molecule has 0 heterocycles. The fourth-order valence-electron chi connectivity index (χ4n) is 3.23. The zero-order valence-corrected chi connectivity index (χ0v) is 24.3. The molecule has 0 aliphatic heterocycles. The van der Waals surface area contributed by atoms with Crippen LogP contribution in [0.3, 0.4) is 0 Å². The normalized spacial score (nSPS) is 15.2. The topological polar surface area (TPSA) is 59.0 Å². The van der Waals surface area contributed by atoms with Crippen molar-refractivity contribution in [2.75, 3.05) is 6.54 Å². The molecule has 0 spiro atoms. The van der Waals surface area contributed by atoms with E-state index in [1.165, 1.54) is 25.7 Å². The molecular weight excluding hydrogens is 430 g/mol. The molecule has 0 aromatic heterocycles. The summed E-state index contributed by atoms with van der Waals surface area (Å²) in [5.41, 5.74) is 0.180. The smallest absolute Gasteiger partial charge is 0.414 e.